The van der Waals surface area contributed by atoms with Crippen molar-refractivity contribution in [2.75, 3.05) is 0 Å². The van der Waals surface area contributed by atoms with Gasteiger partial charge in [0.1, 0.15) is 11.5 Å². The van der Waals surface area contributed by atoms with Crippen molar-refractivity contribution in [3.05, 3.63) is 45.6 Å². The van der Waals surface area contributed by atoms with Gasteiger partial charge in [0.2, 0.25) is 5.89 Å². The Morgan fingerprint density at radius 2 is 2.22 bits per heavy atom. The minimum Gasteiger partial charge on any atom is -0.482 e. The molecule has 0 unspecified atom stereocenters. The first kappa shape index (κ1) is 12.8. The largest absolute Gasteiger partial charge is 0.482 e. The number of aryl methyl sites for hydroxylation is 2. The van der Waals surface area contributed by atoms with Crippen LogP contribution in [-0.4, -0.2) is 11.3 Å². The van der Waals surface area contributed by atoms with Crippen LogP contribution in [0, 0.1) is 13.8 Å². The Kier molecular flexibility index (Phi) is 3.81. The number of halogens is 1. The lowest BCUT2D eigenvalue weighted by atomic mass is 10.2. The molecule has 0 atom stereocenters. The van der Waals surface area contributed by atoms with Crippen molar-refractivity contribution in [2.45, 2.75) is 20.5 Å². The van der Waals surface area contributed by atoms with Gasteiger partial charge in [-0.1, -0.05) is 6.07 Å². The fourth-order valence-corrected chi connectivity index (χ4v) is 2.00. The number of oxazole rings is 1. The van der Waals surface area contributed by atoms with Crippen LogP contribution in [0.15, 0.2) is 27.1 Å². The maximum atomic E-state index is 10.9. The molecule has 0 fully saturated rings. The smallest absolute Gasteiger partial charge is 0.232 e. The number of aldehydes is 1. The number of para-hydroxylation sites is 1. The predicted octanol–water partition coefficient (Wildman–Crippen LogP) is 3.45. The average molecular weight is 310 g/mol. The molecule has 0 spiro atoms. The molecule has 0 aliphatic rings. The van der Waals surface area contributed by atoms with E-state index in [4.69, 9.17) is 9.15 Å². The summed E-state index contributed by atoms with van der Waals surface area (Å²) in [6.07, 6.45) is 0.756. The van der Waals surface area contributed by atoms with E-state index in [1.807, 2.05) is 19.9 Å². The number of nitrogens with zero attached hydrogens (tertiary/aromatic N) is 1. The van der Waals surface area contributed by atoms with Crippen LogP contribution in [0.3, 0.4) is 0 Å². The molecule has 0 bridgehead atoms. The highest BCUT2D eigenvalue weighted by Crippen LogP contribution is 2.28. The van der Waals surface area contributed by atoms with Gasteiger partial charge in [0.05, 0.1) is 15.7 Å². The first-order chi connectivity index (χ1) is 8.61. The molecule has 1 heterocycles. The zero-order valence-corrected chi connectivity index (χ0v) is 11.7. The molecule has 2 aromatic rings. The molecule has 0 aliphatic heterocycles. The molecule has 94 valence electrons. The zero-order valence-electron chi connectivity index (χ0n) is 10.1. The summed E-state index contributed by atoms with van der Waals surface area (Å²) in [5.74, 6) is 1.77. The van der Waals surface area contributed by atoms with Crippen LogP contribution in [0.5, 0.6) is 5.75 Å². The van der Waals surface area contributed by atoms with Crippen molar-refractivity contribution in [2.24, 2.45) is 0 Å². The summed E-state index contributed by atoms with van der Waals surface area (Å²) in [6, 6.07) is 5.29. The van der Waals surface area contributed by atoms with Crippen molar-refractivity contribution in [1.29, 1.82) is 0 Å². The molecule has 0 saturated heterocycles. The molecule has 4 nitrogen and oxygen atoms in total. The van der Waals surface area contributed by atoms with Crippen LogP contribution in [0.4, 0.5) is 0 Å². The molecule has 0 radical (unpaired) electrons. The highest BCUT2D eigenvalue weighted by Gasteiger charge is 2.10. The highest BCUT2D eigenvalue weighted by molar-refractivity contribution is 9.10. The number of carbonyl (C=O) groups is 1. The van der Waals surface area contributed by atoms with Crippen molar-refractivity contribution < 1.29 is 13.9 Å². The second-order valence-corrected chi connectivity index (χ2v) is 4.67. The van der Waals surface area contributed by atoms with E-state index >= 15 is 0 Å². The quantitative estimate of drug-likeness (QED) is 0.812. The minimum atomic E-state index is 0.193. The van der Waals surface area contributed by atoms with E-state index in [9.17, 15) is 4.79 Å². The zero-order chi connectivity index (χ0) is 13.1. The summed E-state index contributed by atoms with van der Waals surface area (Å²) in [6.45, 7) is 3.91. The Morgan fingerprint density at radius 3 is 2.83 bits per heavy atom. The first-order valence-corrected chi connectivity index (χ1v) is 6.20. The number of hydrogen-bond acceptors (Lipinski definition) is 4. The van der Waals surface area contributed by atoms with Crippen LogP contribution in [0.25, 0.3) is 0 Å². The van der Waals surface area contributed by atoms with Crippen LogP contribution in [0.2, 0.25) is 0 Å². The number of hydrogen-bond donors (Lipinski definition) is 0. The predicted molar refractivity (Wildman–Crippen MR) is 69.8 cm³/mol. The molecular formula is C13H12BrNO3. The third kappa shape index (κ3) is 2.61. The Hall–Kier alpha value is -1.62. The molecule has 1 aromatic heterocycles. The molecule has 2 rings (SSSR count). The Labute approximate surface area is 113 Å². The van der Waals surface area contributed by atoms with Gasteiger partial charge in [-0.3, -0.25) is 4.79 Å². The summed E-state index contributed by atoms with van der Waals surface area (Å²) < 4.78 is 11.7. The number of carbonyl (C=O) groups excluding carboxylic acids is 1. The van der Waals surface area contributed by atoms with E-state index in [0.717, 1.165) is 22.2 Å². The van der Waals surface area contributed by atoms with Gasteiger partial charge in [0.15, 0.2) is 12.9 Å². The van der Waals surface area contributed by atoms with Crippen molar-refractivity contribution >= 4 is 22.2 Å². The number of ether oxygens (including phenoxy) is 1. The van der Waals surface area contributed by atoms with E-state index in [2.05, 4.69) is 20.9 Å². The third-order valence-corrected chi connectivity index (χ3v) is 3.16. The van der Waals surface area contributed by atoms with Crippen LogP contribution < -0.4 is 4.74 Å². The molecule has 0 amide bonds. The van der Waals surface area contributed by atoms with Crippen molar-refractivity contribution in [3.63, 3.8) is 0 Å². The van der Waals surface area contributed by atoms with Gasteiger partial charge in [-0.2, -0.15) is 0 Å². The van der Waals surface area contributed by atoms with Gasteiger partial charge in [-0.25, -0.2) is 4.98 Å². The fourth-order valence-electron chi connectivity index (χ4n) is 1.51. The topological polar surface area (TPSA) is 52.3 Å². The summed E-state index contributed by atoms with van der Waals surface area (Å²) in [5, 5.41) is 0. The number of rotatable bonds is 4. The van der Waals surface area contributed by atoms with E-state index in [-0.39, 0.29) is 6.61 Å². The van der Waals surface area contributed by atoms with Gasteiger partial charge in [-0.15, -0.1) is 0 Å². The maximum Gasteiger partial charge on any atom is 0.232 e. The molecule has 18 heavy (non-hydrogen) atoms. The van der Waals surface area contributed by atoms with Gasteiger partial charge in [-0.05, 0) is 41.9 Å². The van der Waals surface area contributed by atoms with E-state index in [0.29, 0.717) is 17.2 Å². The van der Waals surface area contributed by atoms with Crippen LogP contribution in [-0.2, 0) is 6.61 Å². The second kappa shape index (κ2) is 5.35. The normalized spacial score (nSPS) is 10.4. The van der Waals surface area contributed by atoms with Crippen molar-refractivity contribution in [3.8, 4) is 5.75 Å². The fraction of sp³-hybridized carbons (Fsp3) is 0.231. The van der Waals surface area contributed by atoms with Gasteiger partial charge in [0.25, 0.3) is 0 Å². The summed E-state index contributed by atoms with van der Waals surface area (Å²) in [5.41, 5.74) is 1.33. The molecule has 1 aromatic carbocycles. The van der Waals surface area contributed by atoms with Crippen LogP contribution >= 0.6 is 15.9 Å². The lowest BCUT2D eigenvalue weighted by Crippen LogP contribution is -1.99. The Bertz CT molecular complexity index is 558. The number of aromatic nitrogens is 1. The Morgan fingerprint density at radius 1 is 1.44 bits per heavy atom. The third-order valence-electron chi connectivity index (χ3n) is 2.54. The first-order valence-electron chi connectivity index (χ1n) is 5.41. The SMILES string of the molecule is Cc1nc(COc2c(Br)cccc2C=O)oc1C. The van der Waals surface area contributed by atoms with Gasteiger partial charge < -0.3 is 9.15 Å². The second-order valence-electron chi connectivity index (χ2n) is 3.81. The minimum absolute atomic E-state index is 0.193. The molecule has 0 saturated carbocycles. The molecule has 5 heteroatoms. The summed E-state index contributed by atoms with van der Waals surface area (Å²) in [4.78, 5) is 15.1. The number of benzene rings is 1. The summed E-state index contributed by atoms with van der Waals surface area (Å²) >= 11 is 3.35. The van der Waals surface area contributed by atoms with Crippen molar-refractivity contribution in [1.82, 2.24) is 4.98 Å². The van der Waals surface area contributed by atoms with E-state index in [1.165, 1.54) is 0 Å². The highest BCUT2D eigenvalue weighted by atomic mass is 79.9. The van der Waals surface area contributed by atoms with E-state index < -0.39 is 0 Å². The monoisotopic (exact) mass is 309 g/mol. The molecule has 0 N–H and O–H groups in total. The lowest BCUT2D eigenvalue weighted by molar-refractivity contribution is 0.111. The standard InChI is InChI=1S/C13H12BrNO3/c1-8-9(2)18-12(15-8)7-17-13-10(6-16)4-3-5-11(13)14/h3-6H,7H2,1-2H3. The Balaban J connectivity index is 2.17. The molecule has 0 aliphatic carbocycles. The maximum absolute atomic E-state index is 10.9. The van der Waals surface area contributed by atoms with E-state index in [1.54, 1.807) is 12.1 Å². The summed E-state index contributed by atoms with van der Waals surface area (Å²) in [7, 11) is 0. The van der Waals surface area contributed by atoms with Gasteiger partial charge in [0, 0.05) is 0 Å². The molecular weight excluding hydrogens is 298 g/mol. The van der Waals surface area contributed by atoms with Crippen LogP contribution in [0.1, 0.15) is 27.7 Å². The average Bonchev–Trinajstić information content (AvgIpc) is 2.67. The lowest BCUT2D eigenvalue weighted by Gasteiger charge is -2.08. The van der Waals surface area contributed by atoms with Gasteiger partial charge >= 0.3 is 0 Å².